The second kappa shape index (κ2) is 7.03. The molecule has 0 radical (unpaired) electrons. The molecule has 1 aromatic rings. The summed E-state index contributed by atoms with van der Waals surface area (Å²) < 4.78 is 31.1. The van der Waals surface area contributed by atoms with Gasteiger partial charge < -0.3 is 15.8 Å². The Morgan fingerprint density at radius 3 is 2.83 bits per heavy atom. The van der Waals surface area contributed by atoms with Crippen LogP contribution in [0.1, 0.15) is 18.5 Å². The van der Waals surface area contributed by atoms with E-state index < -0.39 is 17.5 Å². The van der Waals surface area contributed by atoms with Gasteiger partial charge >= 0.3 is 0 Å². The predicted molar refractivity (Wildman–Crippen MR) is 62.8 cm³/mol. The first-order valence-corrected chi connectivity index (χ1v) is 5.55. The van der Waals surface area contributed by atoms with Crippen LogP contribution in [0.3, 0.4) is 0 Å². The van der Waals surface area contributed by atoms with Crippen LogP contribution in [0.4, 0.5) is 8.78 Å². The molecular weight excluding hydrogens is 242 g/mol. The number of ether oxygens (including phenoxy) is 1. The second-order valence-corrected chi connectivity index (χ2v) is 3.86. The van der Waals surface area contributed by atoms with E-state index in [1.807, 2.05) is 0 Å². The van der Waals surface area contributed by atoms with Gasteiger partial charge in [-0.1, -0.05) is 6.07 Å². The van der Waals surface area contributed by atoms with E-state index in [-0.39, 0.29) is 19.3 Å². The number of benzene rings is 1. The quantitative estimate of drug-likeness (QED) is 0.720. The van der Waals surface area contributed by atoms with Gasteiger partial charge in [-0.2, -0.15) is 0 Å². The number of rotatable bonds is 7. The number of hydrogen-bond donors (Lipinski definition) is 2. The fourth-order valence-corrected chi connectivity index (χ4v) is 1.48. The number of amides is 1. The van der Waals surface area contributed by atoms with Gasteiger partial charge in [-0.3, -0.25) is 4.79 Å². The first-order valence-electron chi connectivity index (χ1n) is 5.55. The molecule has 0 fully saturated rings. The first kappa shape index (κ1) is 14.5. The lowest BCUT2D eigenvalue weighted by Gasteiger charge is -2.14. The third kappa shape index (κ3) is 4.77. The fraction of sp³-hybridized carbons (Fsp3) is 0.417. The molecule has 0 bridgehead atoms. The highest BCUT2D eigenvalue weighted by Gasteiger charge is 2.10. The highest BCUT2D eigenvalue weighted by atomic mass is 19.1. The average Bonchev–Trinajstić information content (AvgIpc) is 2.27. The summed E-state index contributed by atoms with van der Waals surface area (Å²) in [4.78, 5) is 10.4. The third-order valence-electron chi connectivity index (χ3n) is 2.37. The molecule has 0 aliphatic rings. The van der Waals surface area contributed by atoms with Crippen molar-refractivity contribution in [3.63, 3.8) is 0 Å². The summed E-state index contributed by atoms with van der Waals surface area (Å²) >= 11 is 0. The van der Waals surface area contributed by atoms with Crippen molar-refractivity contribution in [1.29, 1.82) is 0 Å². The summed E-state index contributed by atoms with van der Waals surface area (Å²) in [6, 6.07) is 3.17. The topological polar surface area (TPSA) is 64.3 Å². The number of primary amides is 1. The molecule has 0 heterocycles. The molecule has 6 heteroatoms. The fourth-order valence-electron chi connectivity index (χ4n) is 1.48. The minimum absolute atomic E-state index is 0.138. The Bertz CT molecular complexity index is 413. The van der Waals surface area contributed by atoms with Gasteiger partial charge in [-0.05, 0) is 13.0 Å². The van der Waals surface area contributed by atoms with Crippen molar-refractivity contribution < 1.29 is 18.3 Å². The van der Waals surface area contributed by atoms with E-state index in [4.69, 9.17) is 10.5 Å². The molecular formula is C12H16F2N2O2. The van der Waals surface area contributed by atoms with Crippen LogP contribution in [0.2, 0.25) is 0 Å². The standard InChI is InChI=1S/C12H16F2N2O2/c1-8(16-4-5-18-7-12(15)17)10-3-2-9(13)6-11(10)14/h2-3,6,8,16H,4-5,7H2,1H3,(H2,15,17). The van der Waals surface area contributed by atoms with E-state index in [0.29, 0.717) is 12.1 Å². The van der Waals surface area contributed by atoms with Gasteiger partial charge in [0.2, 0.25) is 5.91 Å². The molecule has 18 heavy (non-hydrogen) atoms. The highest BCUT2D eigenvalue weighted by molar-refractivity contribution is 5.74. The molecule has 1 aromatic carbocycles. The van der Waals surface area contributed by atoms with Crippen molar-refractivity contribution in [2.24, 2.45) is 5.73 Å². The molecule has 3 N–H and O–H groups in total. The molecule has 1 unspecified atom stereocenters. The Hall–Kier alpha value is -1.53. The van der Waals surface area contributed by atoms with Crippen LogP contribution in [0, 0.1) is 11.6 Å². The smallest absolute Gasteiger partial charge is 0.243 e. The normalized spacial score (nSPS) is 12.4. The number of hydrogen-bond acceptors (Lipinski definition) is 3. The summed E-state index contributed by atoms with van der Waals surface area (Å²) in [6.45, 7) is 2.34. The summed E-state index contributed by atoms with van der Waals surface area (Å²) in [7, 11) is 0. The van der Waals surface area contributed by atoms with Crippen LogP contribution in [-0.4, -0.2) is 25.7 Å². The van der Waals surface area contributed by atoms with Gasteiger partial charge in [0.25, 0.3) is 0 Å². The van der Waals surface area contributed by atoms with Crippen LogP contribution < -0.4 is 11.1 Å². The zero-order valence-corrected chi connectivity index (χ0v) is 10.1. The molecule has 1 amide bonds. The summed E-state index contributed by atoms with van der Waals surface area (Å²) in [6.07, 6.45) is 0. The van der Waals surface area contributed by atoms with Crippen LogP contribution >= 0.6 is 0 Å². The van der Waals surface area contributed by atoms with E-state index in [9.17, 15) is 13.6 Å². The molecule has 100 valence electrons. The molecule has 0 aliphatic carbocycles. The van der Waals surface area contributed by atoms with Crippen molar-refractivity contribution in [2.75, 3.05) is 19.8 Å². The molecule has 0 spiro atoms. The summed E-state index contributed by atoms with van der Waals surface area (Å²) in [5.41, 5.74) is 5.27. The zero-order valence-electron chi connectivity index (χ0n) is 10.1. The maximum absolute atomic E-state index is 13.4. The molecule has 0 aromatic heterocycles. The molecule has 4 nitrogen and oxygen atoms in total. The Labute approximate surface area is 104 Å². The predicted octanol–water partition coefficient (Wildman–Crippen LogP) is 1.12. The molecule has 1 atom stereocenters. The van der Waals surface area contributed by atoms with Gasteiger partial charge in [0.05, 0.1) is 6.61 Å². The Balaban J connectivity index is 2.36. The van der Waals surface area contributed by atoms with Crippen LogP contribution in [0.15, 0.2) is 18.2 Å². The van der Waals surface area contributed by atoms with E-state index in [2.05, 4.69) is 5.32 Å². The third-order valence-corrected chi connectivity index (χ3v) is 2.37. The van der Waals surface area contributed by atoms with Crippen molar-refractivity contribution in [1.82, 2.24) is 5.32 Å². The number of carbonyl (C=O) groups is 1. The van der Waals surface area contributed by atoms with Gasteiger partial charge in [0, 0.05) is 24.2 Å². The SMILES string of the molecule is CC(NCCOCC(N)=O)c1ccc(F)cc1F. The van der Waals surface area contributed by atoms with Crippen molar-refractivity contribution in [2.45, 2.75) is 13.0 Å². The largest absolute Gasteiger partial charge is 0.370 e. The van der Waals surface area contributed by atoms with Crippen LogP contribution in [-0.2, 0) is 9.53 Å². The second-order valence-electron chi connectivity index (χ2n) is 3.86. The van der Waals surface area contributed by atoms with Gasteiger partial charge in [0.1, 0.15) is 18.2 Å². The van der Waals surface area contributed by atoms with E-state index in [1.165, 1.54) is 12.1 Å². The van der Waals surface area contributed by atoms with Crippen molar-refractivity contribution in [3.05, 3.63) is 35.4 Å². The Morgan fingerprint density at radius 1 is 1.50 bits per heavy atom. The van der Waals surface area contributed by atoms with Gasteiger partial charge in [-0.15, -0.1) is 0 Å². The lowest BCUT2D eigenvalue weighted by atomic mass is 10.1. The van der Waals surface area contributed by atoms with Gasteiger partial charge in [-0.25, -0.2) is 8.78 Å². The monoisotopic (exact) mass is 258 g/mol. The van der Waals surface area contributed by atoms with Crippen LogP contribution in [0.5, 0.6) is 0 Å². The van der Waals surface area contributed by atoms with E-state index in [0.717, 1.165) is 6.07 Å². The number of halogens is 2. The molecule has 0 saturated heterocycles. The number of carbonyl (C=O) groups excluding carboxylic acids is 1. The lowest BCUT2D eigenvalue weighted by molar-refractivity contribution is -0.122. The first-order chi connectivity index (χ1) is 8.50. The Morgan fingerprint density at radius 2 is 2.22 bits per heavy atom. The highest BCUT2D eigenvalue weighted by Crippen LogP contribution is 2.17. The van der Waals surface area contributed by atoms with Crippen molar-refractivity contribution in [3.8, 4) is 0 Å². The van der Waals surface area contributed by atoms with E-state index >= 15 is 0 Å². The summed E-state index contributed by atoms with van der Waals surface area (Å²) in [5, 5.41) is 2.99. The maximum Gasteiger partial charge on any atom is 0.243 e. The maximum atomic E-state index is 13.4. The minimum Gasteiger partial charge on any atom is -0.370 e. The zero-order chi connectivity index (χ0) is 13.5. The van der Waals surface area contributed by atoms with E-state index in [1.54, 1.807) is 6.92 Å². The number of nitrogens with one attached hydrogen (secondary N) is 1. The molecule has 1 rings (SSSR count). The lowest BCUT2D eigenvalue weighted by Crippen LogP contribution is -2.26. The number of nitrogens with two attached hydrogens (primary N) is 1. The van der Waals surface area contributed by atoms with Crippen LogP contribution in [0.25, 0.3) is 0 Å². The van der Waals surface area contributed by atoms with Crippen molar-refractivity contribution >= 4 is 5.91 Å². The molecule has 0 saturated carbocycles. The average molecular weight is 258 g/mol. The summed E-state index contributed by atoms with van der Waals surface area (Å²) in [5.74, 6) is -1.73. The minimum atomic E-state index is -0.603. The Kier molecular flexibility index (Phi) is 5.67. The van der Waals surface area contributed by atoms with Gasteiger partial charge in [0.15, 0.2) is 0 Å². The molecule has 0 aliphatic heterocycles.